The van der Waals surface area contributed by atoms with Crippen LogP contribution < -0.4 is 10.7 Å². The molecule has 0 aromatic rings. The van der Waals surface area contributed by atoms with Gasteiger partial charge in [0.1, 0.15) is 24.5 Å². The predicted molar refractivity (Wildman–Crippen MR) is 82.2 cm³/mol. The number of allylic oxidation sites excluding steroid dienone is 2. The van der Waals surface area contributed by atoms with Gasteiger partial charge < -0.3 is 15.5 Å². The summed E-state index contributed by atoms with van der Waals surface area (Å²) in [7, 11) is 0. The molecule has 0 radical (unpaired) electrons. The maximum Gasteiger partial charge on any atom is 0.322 e. The van der Waals surface area contributed by atoms with E-state index in [1.54, 1.807) is 11.1 Å². The van der Waals surface area contributed by atoms with E-state index >= 15 is 0 Å². The van der Waals surface area contributed by atoms with Crippen LogP contribution in [0.1, 0.15) is 32.1 Å². The lowest BCUT2D eigenvalue weighted by atomic mass is 9.85. The highest BCUT2D eigenvalue weighted by Crippen LogP contribution is 2.35. The number of aliphatic carboxylic acids is 1. The van der Waals surface area contributed by atoms with Crippen molar-refractivity contribution in [1.29, 1.82) is 0 Å². The fourth-order valence-corrected chi connectivity index (χ4v) is 3.28. The van der Waals surface area contributed by atoms with E-state index in [9.17, 15) is 14.7 Å². The fraction of sp³-hybridized carbons (Fsp3) is 0.533. The summed E-state index contributed by atoms with van der Waals surface area (Å²) in [5.74, 6) is -1.27. The molecule has 124 valence electrons. The number of amides is 1. The summed E-state index contributed by atoms with van der Waals surface area (Å²) < 4.78 is 0. The summed E-state index contributed by atoms with van der Waals surface area (Å²) in [5.41, 5.74) is 4.03. The van der Waals surface area contributed by atoms with Gasteiger partial charge in [-0.2, -0.15) is 0 Å². The smallest absolute Gasteiger partial charge is 0.322 e. The molecule has 0 unspecified atom stereocenters. The van der Waals surface area contributed by atoms with Gasteiger partial charge in [0.25, 0.3) is 5.91 Å². The number of aliphatic hydroxyl groups excluding tert-OH is 1. The van der Waals surface area contributed by atoms with Gasteiger partial charge in [-0.3, -0.25) is 14.6 Å². The summed E-state index contributed by atoms with van der Waals surface area (Å²) in [6.45, 7) is -0.183. The number of nitrogens with one attached hydrogen (secondary N) is 2. The van der Waals surface area contributed by atoms with E-state index in [0.717, 1.165) is 31.4 Å². The number of carbonyl (C=O) groups is 2. The Labute approximate surface area is 133 Å². The first-order chi connectivity index (χ1) is 11.1. The first-order valence-corrected chi connectivity index (χ1v) is 7.81. The van der Waals surface area contributed by atoms with Gasteiger partial charge in [0.15, 0.2) is 5.84 Å². The number of amidine groups is 1. The number of hydrogen-bond donors (Lipinski definition) is 4. The number of aliphatic imine (C=N–C) groups is 1. The summed E-state index contributed by atoms with van der Waals surface area (Å²) in [6, 6.07) is 0. The van der Waals surface area contributed by atoms with Gasteiger partial charge in [0, 0.05) is 17.7 Å². The van der Waals surface area contributed by atoms with E-state index in [0.29, 0.717) is 18.4 Å². The highest BCUT2D eigenvalue weighted by atomic mass is 16.4. The first kappa shape index (κ1) is 15.5. The highest BCUT2D eigenvalue weighted by Gasteiger charge is 2.37. The lowest BCUT2D eigenvalue weighted by Crippen LogP contribution is -2.45. The van der Waals surface area contributed by atoms with Gasteiger partial charge in [-0.1, -0.05) is 19.3 Å². The third-order valence-electron chi connectivity index (χ3n) is 4.34. The molecule has 0 atom stereocenters. The third-order valence-corrected chi connectivity index (χ3v) is 4.34. The molecule has 0 bridgehead atoms. The van der Waals surface area contributed by atoms with Crippen LogP contribution in [0.25, 0.3) is 0 Å². The van der Waals surface area contributed by atoms with Crippen LogP contribution in [0.5, 0.6) is 0 Å². The number of carboxylic acids is 1. The minimum absolute atomic E-state index is 0.0100. The topological polar surface area (TPSA) is 114 Å². The number of carbonyl (C=O) groups excluding carboxylic acids is 1. The first-order valence-electron chi connectivity index (χ1n) is 7.81. The van der Waals surface area contributed by atoms with E-state index in [-0.39, 0.29) is 11.3 Å². The highest BCUT2D eigenvalue weighted by molar-refractivity contribution is 6.22. The second kappa shape index (κ2) is 6.41. The van der Waals surface area contributed by atoms with E-state index in [2.05, 4.69) is 15.7 Å². The van der Waals surface area contributed by atoms with Crippen LogP contribution >= 0.6 is 0 Å². The number of fused-ring (bicyclic) bond motifs is 1. The zero-order valence-corrected chi connectivity index (χ0v) is 12.7. The molecule has 4 N–H and O–H groups in total. The molecular formula is C15H20N4O4. The molecule has 8 heteroatoms. The second-order valence-corrected chi connectivity index (χ2v) is 5.87. The number of aliphatic hydroxyl groups is 1. The van der Waals surface area contributed by atoms with E-state index in [1.807, 2.05) is 0 Å². The van der Waals surface area contributed by atoms with Crippen LogP contribution in [-0.2, 0) is 9.59 Å². The molecule has 23 heavy (non-hydrogen) atoms. The number of hydrogen-bond acceptors (Lipinski definition) is 6. The molecule has 0 spiro atoms. The van der Waals surface area contributed by atoms with Gasteiger partial charge in [-0.15, -0.1) is 0 Å². The quantitative estimate of drug-likeness (QED) is 0.605. The Bertz CT molecular complexity index is 617. The molecule has 0 aromatic heterocycles. The Morgan fingerprint density at radius 3 is 2.78 bits per heavy atom. The summed E-state index contributed by atoms with van der Waals surface area (Å²) >= 11 is 0. The molecule has 3 rings (SSSR count). The van der Waals surface area contributed by atoms with E-state index < -0.39 is 18.4 Å². The van der Waals surface area contributed by atoms with Crippen molar-refractivity contribution in [3.63, 3.8) is 0 Å². The molecule has 2 heterocycles. The van der Waals surface area contributed by atoms with Crippen LogP contribution in [0.15, 0.2) is 28.1 Å². The Morgan fingerprint density at radius 1 is 1.35 bits per heavy atom. The van der Waals surface area contributed by atoms with Crippen molar-refractivity contribution in [3.8, 4) is 0 Å². The van der Waals surface area contributed by atoms with Crippen LogP contribution in [0.2, 0.25) is 0 Å². The lowest BCUT2D eigenvalue weighted by Gasteiger charge is -2.34. The normalized spacial score (nSPS) is 21.7. The minimum atomic E-state index is -1.14. The minimum Gasteiger partial charge on any atom is -0.507 e. The number of hydrazine groups is 1. The fourth-order valence-electron chi connectivity index (χ4n) is 3.28. The number of rotatable bonds is 4. The van der Waals surface area contributed by atoms with Gasteiger partial charge in [0.05, 0.1) is 0 Å². The summed E-state index contributed by atoms with van der Waals surface area (Å²) in [5, 5.41) is 23.0. The molecule has 1 amide bonds. The Hall–Kier alpha value is -2.35. The molecule has 0 aromatic carbocycles. The number of carboxylic acid groups (broad SMARTS) is 1. The third kappa shape index (κ3) is 3.07. The zero-order valence-electron chi connectivity index (χ0n) is 12.7. The summed E-state index contributed by atoms with van der Waals surface area (Å²) in [6.07, 6.45) is 7.22. The zero-order chi connectivity index (χ0) is 16.4. The molecular weight excluding hydrogens is 300 g/mol. The van der Waals surface area contributed by atoms with Gasteiger partial charge >= 0.3 is 5.97 Å². The molecule has 2 aliphatic heterocycles. The van der Waals surface area contributed by atoms with Crippen molar-refractivity contribution < 1.29 is 19.8 Å². The van der Waals surface area contributed by atoms with Crippen molar-refractivity contribution in [3.05, 3.63) is 23.1 Å². The Balaban J connectivity index is 1.88. The summed E-state index contributed by atoms with van der Waals surface area (Å²) in [4.78, 5) is 27.0. The molecule has 8 nitrogen and oxygen atoms in total. The molecule has 3 aliphatic rings. The van der Waals surface area contributed by atoms with Crippen LogP contribution in [0.4, 0.5) is 0 Å². The second-order valence-electron chi connectivity index (χ2n) is 5.87. The van der Waals surface area contributed by atoms with Crippen molar-refractivity contribution in [2.45, 2.75) is 32.1 Å². The van der Waals surface area contributed by atoms with Gasteiger partial charge in [-0.05, 0) is 12.8 Å². The Kier molecular flexibility index (Phi) is 4.33. The molecule has 0 saturated heterocycles. The molecule has 1 saturated carbocycles. The standard InChI is InChI=1S/C15H20N4O4/c20-11-6-10(9-4-2-1-3-5-9)19-14(17-8-18-19)13(11)15(23)16-7-12(21)22/h6,9,18,20H,1-5,7-8H2,(H,16,23)(H,21,22). The van der Waals surface area contributed by atoms with Crippen LogP contribution in [-0.4, -0.2) is 46.1 Å². The van der Waals surface area contributed by atoms with Crippen molar-refractivity contribution in [2.75, 3.05) is 13.2 Å². The van der Waals surface area contributed by atoms with E-state index in [1.165, 1.54) is 6.42 Å². The SMILES string of the molecule is O=C(O)CNC(=O)C1=C(O)C=C(C2CCCCC2)N2NCN=C12. The molecule has 1 fully saturated rings. The monoisotopic (exact) mass is 320 g/mol. The predicted octanol–water partition coefficient (Wildman–Crippen LogP) is 0.653. The maximum atomic E-state index is 12.2. The van der Waals surface area contributed by atoms with Gasteiger partial charge in [-0.25, -0.2) is 10.4 Å². The molecule has 1 aliphatic carbocycles. The van der Waals surface area contributed by atoms with Crippen molar-refractivity contribution in [2.24, 2.45) is 10.9 Å². The van der Waals surface area contributed by atoms with Crippen molar-refractivity contribution >= 4 is 17.7 Å². The van der Waals surface area contributed by atoms with E-state index in [4.69, 9.17) is 5.11 Å². The van der Waals surface area contributed by atoms with Crippen molar-refractivity contribution in [1.82, 2.24) is 15.8 Å². The maximum absolute atomic E-state index is 12.2. The largest absolute Gasteiger partial charge is 0.507 e. The average molecular weight is 320 g/mol. The van der Waals surface area contributed by atoms with Crippen LogP contribution in [0, 0.1) is 5.92 Å². The number of nitrogens with zero attached hydrogens (tertiary/aromatic N) is 2. The lowest BCUT2D eigenvalue weighted by molar-refractivity contribution is -0.137. The van der Waals surface area contributed by atoms with Gasteiger partial charge in [0.2, 0.25) is 0 Å². The van der Waals surface area contributed by atoms with Crippen LogP contribution in [0.3, 0.4) is 0 Å². The average Bonchev–Trinajstić information content (AvgIpc) is 3.01. The Morgan fingerprint density at radius 2 is 2.09 bits per heavy atom.